The Bertz CT molecular complexity index is 385. The average molecular weight is 251 g/mol. The Morgan fingerprint density at radius 3 is 3.11 bits per heavy atom. The maximum Gasteiger partial charge on any atom is 0.240 e. The monoisotopic (exact) mass is 251 g/mol. The maximum absolute atomic E-state index is 11.6. The van der Waals surface area contributed by atoms with Gasteiger partial charge in [-0.25, -0.2) is 0 Å². The lowest BCUT2D eigenvalue weighted by atomic mass is 10.3. The van der Waals surface area contributed by atoms with Crippen LogP contribution in [0.25, 0.3) is 0 Å². The summed E-state index contributed by atoms with van der Waals surface area (Å²) in [7, 11) is 1.69. The van der Waals surface area contributed by atoms with E-state index in [0.717, 1.165) is 25.9 Å². The van der Waals surface area contributed by atoms with Gasteiger partial charge < -0.3 is 19.9 Å². The molecular weight excluding hydrogens is 230 g/mol. The van der Waals surface area contributed by atoms with E-state index in [1.54, 1.807) is 7.11 Å². The summed E-state index contributed by atoms with van der Waals surface area (Å²) in [6.45, 7) is 2.77. The van der Waals surface area contributed by atoms with Crippen molar-refractivity contribution in [1.29, 1.82) is 0 Å². The Kier molecular flexibility index (Phi) is 4.78. The van der Waals surface area contributed by atoms with Crippen molar-refractivity contribution in [3.05, 3.63) is 24.0 Å². The quantitative estimate of drug-likeness (QED) is 0.662. The second kappa shape index (κ2) is 6.56. The Morgan fingerprint density at radius 1 is 1.56 bits per heavy atom. The SMILES string of the molecule is COCCNCc1ccn(CC(=O)NC2CC2)c1. The van der Waals surface area contributed by atoms with Gasteiger partial charge in [-0.3, -0.25) is 4.79 Å². The number of hydrogen-bond acceptors (Lipinski definition) is 3. The fourth-order valence-corrected chi connectivity index (χ4v) is 1.77. The molecule has 1 heterocycles. The molecule has 1 fully saturated rings. The third-order valence-electron chi connectivity index (χ3n) is 2.89. The highest BCUT2D eigenvalue weighted by atomic mass is 16.5. The largest absolute Gasteiger partial charge is 0.383 e. The van der Waals surface area contributed by atoms with E-state index in [4.69, 9.17) is 4.74 Å². The number of aromatic nitrogens is 1. The van der Waals surface area contributed by atoms with E-state index >= 15 is 0 Å². The normalized spacial score (nSPS) is 14.7. The van der Waals surface area contributed by atoms with Gasteiger partial charge in [0.05, 0.1) is 6.61 Å². The third kappa shape index (κ3) is 4.50. The number of carbonyl (C=O) groups excluding carboxylic acids is 1. The van der Waals surface area contributed by atoms with Gasteiger partial charge in [0.2, 0.25) is 5.91 Å². The van der Waals surface area contributed by atoms with Crippen molar-refractivity contribution < 1.29 is 9.53 Å². The molecule has 1 aliphatic carbocycles. The summed E-state index contributed by atoms with van der Waals surface area (Å²) in [6.07, 6.45) is 6.21. The molecule has 1 aromatic heterocycles. The number of carbonyl (C=O) groups is 1. The molecule has 1 saturated carbocycles. The number of methoxy groups -OCH3 is 1. The van der Waals surface area contributed by atoms with Gasteiger partial charge in [-0.2, -0.15) is 0 Å². The van der Waals surface area contributed by atoms with Gasteiger partial charge in [0.15, 0.2) is 0 Å². The number of nitrogens with zero attached hydrogens (tertiary/aromatic N) is 1. The van der Waals surface area contributed by atoms with E-state index in [1.807, 2.05) is 23.0 Å². The van der Waals surface area contributed by atoms with Crippen LogP contribution in [0.3, 0.4) is 0 Å². The summed E-state index contributed by atoms with van der Waals surface area (Å²) in [5.41, 5.74) is 1.19. The van der Waals surface area contributed by atoms with Crippen molar-refractivity contribution >= 4 is 5.91 Å². The number of amides is 1. The van der Waals surface area contributed by atoms with Crippen LogP contribution in [0.4, 0.5) is 0 Å². The van der Waals surface area contributed by atoms with Crippen LogP contribution in [0.2, 0.25) is 0 Å². The van der Waals surface area contributed by atoms with Crippen molar-refractivity contribution in [1.82, 2.24) is 15.2 Å². The molecule has 2 N–H and O–H groups in total. The van der Waals surface area contributed by atoms with Crippen LogP contribution in [-0.4, -0.2) is 36.8 Å². The molecular formula is C13H21N3O2. The van der Waals surface area contributed by atoms with E-state index in [2.05, 4.69) is 10.6 Å². The highest BCUT2D eigenvalue weighted by Gasteiger charge is 2.22. The number of ether oxygens (including phenoxy) is 1. The third-order valence-corrected chi connectivity index (χ3v) is 2.89. The molecule has 0 aliphatic heterocycles. The van der Waals surface area contributed by atoms with Crippen LogP contribution in [0, 0.1) is 0 Å². The molecule has 0 spiro atoms. The predicted octanol–water partition coefficient (Wildman–Crippen LogP) is 0.503. The van der Waals surface area contributed by atoms with Gasteiger partial charge in [0, 0.05) is 38.6 Å². The fraction of sp³-hybridized carbons (Fsp3) is 0.615. The van der Waals surface area contributed by atoms with Crippen molar-refractivity contribution in [2.45, 2.75) is 32.0 Å². The highest BCUT2D eigenvalue weighted by molar-refractivity contribution is 5.76. The van der Waals surface area contributed by atoms with E-state index in [1.165, 1.54) is 5.56 Å². The molecule has 0 radical (unpaired) electrons. The molecule has 1 aliphatic rings. The molecule has 0 bridgehead atoms. The van der Waals surface area contributed by atoms with Crippen molar-refractivity contribution in [2.24, 2.45) is 0 Å². The Hall–Kier alpha value is -1.33. The van der Waals surface area contributed by atoms with E-state index in [9.17, 15) is 4.79 Å². The molecule has 18 heavy (non-hydrogen) atoms. The Balaban J connectivity index is 1.69. The molecule has 1 amide bonds. The minimum absolute atomic E-state index is 0.104. The van der Waals surface area contributed by atoms with Gasteiger partial charge in [-0.15, -0.1) is 0 Å². The standard InChI is InChI=1S/C13H21N3O2/c1-18-7-5-14-8-11-4-6-16(9-11)10-13(17)15-12-2-3-12/h4,6,9,12,14H,2-3,5,7-8,10H2,1H3,(H,15,17). The fourth-order valence-electron chi connectivity index (χ4n) is 1.77. The van der Waals surface area contributed by atoms with Gasteiger partial charge in [-0.1, -0.05) is 0 Å². The summed E-state index contributed by atoms with van der Waals surface area (Å²) < 4.78 is 6.88. The van der Waals surface area contributed by atoms with E-state index in [0.29, 0.717) is 19.2 Å². The van der Waals surface area contributed by atoms with Gasteiger partial charge in [-0.05, 0) is 24.5 Å². The lowest BCUT2D eigenvalue weighted by Gasteiger charge is -2.04. The minimum Gasteiger partial charge on any atom is -0.383 e. The molecule has 2 rings (SSSR count). The van der Waals surface area contributed by atoms with Gasteiger partial charge >= 0.3 is 0 Å². The first-order valence-electron chi connectivity index (χ1n) is 6.41. The van der Waals surface area contributed by atoms with Crippen LogP contribution in [0.5, 0.6) is 0 Å². The zero-order chi connectivity index (χ0) is 12.8. The van der Waals surface area contributed by atoms with E-state index < -0.39 is 0 Å². The van der Waals surface area contributed by atoms with Crippen LogP contribution in [-0.2, 0) is 22.6 Å². The van der Waals surface area contributed by atoms with Crippen molar-refractivity contribution in [3.63, 3.8) is 0 Å². The first kappa shape index (κ1) is 13.1. The van der Waals surface area contributed by atoms with E-state index in [-0.39, 0.29) is 5.91 Å². The summed E-state index contributed by atoms with van der Waals surface area (Å²) >= 11 is 0. The Labute approximate surface area is 108 Å². The second-order valence-electron chi connectivity index (χ2n) is 4.70. The predicted molar refractivity (Wildman–Crippen MR) is 69.2 cm³/mol. The lowest BCUT2D eigenvalue weighted by molar-refractivity contribution is -0.121. The molecule has 0 atom stereocenters. The molecule has 5 heteroatoms. The zero-order valence-corrected chi connectivity index (χ0v) is 10.8. The summed E-state index contributed by atoms with van der Waals surface area (Å²) in [6, 6.07) is 2.47. The zero-order valence-electron chi connectivity index (χ0n) is 10.8. The van der Waals surface area contributed by atoms with Crippen LogP contribution in [0.15, 0.2) is 18.5 Å². The molecule has 1 aromatic rings. The molecule has 0 aromatic carbocycles. The highest BCUT2D eigenvalue weighted by Crippen LogP contribution is 2.18. The number of rotatable bonds is 8. The molecule has 0 unspecified atom stereocenters. The lowest BCUT2D eigenvalue weighted by Crippen LogP contribution is -2.28. The number of hydrogen-bond donors (Lipinski definition) is 2. The van der Waals surface area contributed by atoms with Crippen LogP contribution in [0.1, 0.15) is 18.4 Å². The first-order valence-corrected chi connectivity index (χ1v) is 6.41. The summed E-state index contributed by atoms with van der Waals surface area (Å²) in [5, 5.41) is 6.25. The van der Waals surface area contributed by atoms with Crippen molar-refractivity contribution in [3.8, 4) is 0 Å². The topological polar surface area (TPSA) is 55.3 Å². The minimum atomic E-state index is 0.104. The van der Waals surface area contributed by atoms with Gasteiger partial charge in [0.25, 0.3) is 0 Å². The maximum atomic E-state index is 11.6. The Morgan fingerprint density at radius 2 is 2.39 bits per heavy atom. The second-order valence-corrected chi connectivity index (χ2v) is 4.70. The van der Waals surface area contributed by atoms with Crippen LogP contribution >= 0.6 is 0 Å². The first-order chi connectivity index (χ1) is 8.78. The van der Waals surface area contributed by atoms with Gasteiger partial charge in [0.1, 0.15) is 6.54 Å². The molecule has 0 saturated heterocycles. The summed E-state index contributed by atoms with van der Waals surface area (Å²) in [4.78, 5) is 11.6. The molecule has 100 valence electrons. The van der Waals surface area contributed by atoms with Crippen molar-refractivity contribution in [2.75, 3.05) is 20.3 Å². The van der Waals surface area contributed by atoms with Crippen LogP contribution < -0.4 is 10.6 Å². The molecule has 5 nitrogen and oxygen atoms in total. The summed E-state index contributed by atoms with van der Waals surface area (Å²) in [5.74, 6) is 0.104. The number of nitrogens with one attached hydrogen (secondary N) is 2. The smallest absolute Gasteiger partial charge is 0.240 e. The average Bonchev–Trinajstić information content (AvgIpc) is 3.04.